The average molecular weight is 302 g/mol. The molecule has 8 nitrogen and oxygen atoms in total. The highest BCUT2D eigenvalue weighted by Gasteiger charge is 2.38. The predicted molar refractivity (Wildman–Crippen MR) is 71.2 cm³/mol. The smallest absolute Gasteiger partial charge is 0.310 e. The number of aromatic nitrogens is 2. The molecule has 112 valence electrons. The quantitative estimate of drug-likeness (QED) is 0.754. The Morgan fingerprint density at radius 1 is 1.50 bits per heavy atom. The molecule has 2 heterocycles. The van der Waals surface area contributed by atoms with E-state index in [2.05, 4.69) is 9.84 Å². The minimum atomic E-state index is -3.74. The number of hydrogen-bond acceptors (Lipinski definition) is 6. The molecule has 0 amide bonds. The summed E-state index contributed by atoms with van der Waals surface area (Å²) >= 11 is 0. The van der Waals surface area contributed by atoms with Gasteiger partial charge in [-0.15, -0.1) is 0 Å². The van der Waals surface area contributed by atoms with Crippen molar-refractivity contribution in [2.75, 3.05) is 25.9 Å². The van der Waals surface area contributed by atoms with Crippen LogP contribution < -0.4 is 5.73 Å². The molecular formula is C11H18N4O4S. The van der Waals surface area contributed by atoms with Crippen LogP contribution in [-0.2, 0) is 26.6 Å². The second-order valence-electron chi connectivity index (χ2n) is 4.80. The first-order valence-corrected chi connectivity index (χ1v) is 7.60. The largest absolute Gasteiger partial charge is 0.469 e. The lowest BCUT2D eigenvalue weighted by Gasteiger charge is -2.16. The molecular weight excluding hydrogens is 284 g/mol. The Bertz CT molecular complexity index is 637. The maximum Gasteiger partial charge on any atom is 0.310 e. The molecule has 1 aliphatic rings. The number of nitrogens with zero attached hydrogens (tertiary/aromatic N) is 3. The second kappa shape index (κ2) is 5.06. The van der Waals surface area contributed by atoms with E-state index >= 15 is 0 Å². The Kier molecular flexibility index (Phi) is 3.74. The summed E-state index contributed by atoms with van der Waals surface area (Å²) in [6.07, 6.45) is 0.450. The zero-order valence-electron chi connectivity index (χ0n) is 11.7. The molecule has 0 bridgehead atoms. The van der Waals surface area contributed by atoms with E-state index in [0.29, 0.717) is 12.1 Å². The molecule has 1 fully saturated rings. The van der Waals surface area contributed by atoms with Crippen molar-refractivity contribution in [3.63, 3.8) is 0 Å². The van der Waals surface area contributed by atoms with E-state index in [1.54, 1.807) is 14.0 Å². The molecule has 2 N–H and O–H groups in total. The lowest BCUT2D eigenvalue weighted by Crippen LogP contribution is -2.31. The van der Waals surface area contributed by atoms with E-state index in [1.807, 2.05) is 0 Å². The molecule has 0 aromatic carbocycles. The fourth-order valence-corrected chi connectivity index (χ4v) is 4.16. The van der Waals surface area contributed by atoms with Crippen LogP contribution in [0.5, 0.6) is 0 Å². The van der Waals surface area contributed by atoms with Crippen molar-refractivity contribution in [2.24, 2.45) is 13.0 Å². The Morgan fingerprint density at radius 3 is 2.65 bits per heavy atom. The van der Waals surface area contributed by atoms with Gasteiger partial charge in [0.25, 0.3) is 0 Å². The molecule has 1 aliphatic heterocycles. The van der Waals surface area contributed by atoms with E-state index < -0.39 is 21.9 Å². The van der Waals surface area contributed by atoms with Gasteiger partial charge in [0.05, 0.1) is 18.7 Å². The summed E-state index contributed by atoms with van der Waals surface area (Å²) in [4.78, 5) is 11.5. The van der Waals surface area contributed by atoms with Gasteiger partial charge in [0.1, 0.15) is 4.90 Å². The fourth-order valence-electron chi connectivity index (χ4n) is 2.37. The number of sulfonamides is 1. The van der Waals surface area contributed by atoms with Crippen LogP contribution in [0.1, 0.15) is 12.1 Å². The van der Waals surface area contributed by atoms with Crippen molar-refractivity contribution >= 4 is 21.8 Å². The molecule has 0 radical (unpaired) electrons. The number of anilines is 1. The van der Waals surface area contributed by atoms with Gasteiger partial charge >= 0.3 is 5.97 Å². The predicted octanol–water partition coefficient (Wildman–Crippen LogP) is -0.506. The number of hydrogen-bond donors (Lipinski definition) is 1. The zero-order chi connectivity index (χ0) is 15.1. The summed E-state index contributed by atoms with van der Waals surface area (Å²) in [5.74, 6) is -0.835. The maximum atomic E-state index is 12.6. The van der Waals surface area contributed by atoms with Gasteiger partial charge in [-0.25, -0.2) is 8.42 Å². The number of esters is 1. The molecule has 20 heavy (non-hydrogen) atoms. The lowest BCUT2D eigenvalue weighted by atomic mass is 10.1. The van der Waals surface area contributed by atoms with Gasteiger partial charge in [-0.05, 0) is 13.3 Å². The number of nitrogens with two attached hydrogens (primary N) is 1. The number of carbonyl (C=O) groups is 1. The molecule has 1 unspecified atom stereocenters. The van der Waals surface area contributed by atoms with Gasteiger partial charge in [-0.2, -0.15) is 9.40 Å². The highest BCUT2D eigenvalue weighted by atomic mass is 32.2. The Balaban J connectivity index is 2.31. The van der Waals surface area contributed by atoms with Crippen molar-refractivity contribution in [2.45, 2.75) is 18.2 Å². The third-order valence-electron chi connectivity index (χ3n) is 3.59. The first-order valence-electron chi connectivity index (χ1n) is 6.16. The minimum Gasteiger partial charge on any atom is -0.469 e. The Morgan fingerprint density at radius 2 is 2.15 bits per heavy atom. The van der Waals surface area contributed by atoms with Gasteiger partial charge in [0, 0.05) is 20.1 Å². The molecule has 1 atom stereocenters. The highest BCUT2D eigenvalue weighted by Crippen LogP contribution is 2.29. The lowest BCUT2D eigenvalue weighted by molar-refractivity contribution is -0.144. The van der Waals surface area contributed by atoms with Crippen molar-refractivity contribution in [1.29, 1.82) is 0 Å². The van der Waals surface area contributed by atoms with E-state index in [9.17, 15) is 13.2 Å². The normalized spacial score (nSPS) is 20.2. The van der Waals surface area contributed by atoms with Crippen LogP contribution in [0.3, 0.4) is 0 Å². The average Bonchev–Trinajstić information content (AvgIpc) is 2.95. The molecule has 0 aliphatic carbocycles. The van der Waals surface area contributed by atoms with Gasteiger partial charge in [0.2, 0.25) is 10.0 Å². The number of ether oxygens (including phenoxy) is 1. The molecule has 0 spiro atoms. The molecule has 1 aromatic rings. The number of aryl methyl sites for hydroxylation is 1. The third-order valence-corrected chi connectivity index (χ3v) is 5.62. The van der Waals surface area contributed by atoms with Gasteiger partial charge in [-0.1, -0.05) is 0 Å². The molecule has 2 rings (SSSR count). The third kappa shape index (κ3) is 2.27. The molecule has 1 aromatic heterocycles. The van der Waals surface area contributed by atoms with Crippen molar-refractivity contribution < 1.29 is 17.9 Å². The van der Waals surface area contributed by atoms with Gasteiger partial charge in [-0.3, -0.25) is 9.48 Å². The number of carbonyl (C=O) groups excluding carboxylic acids is 1. The van der Waals surface area contributed by atoms with Gasteiger partial charge in [0.15, 0.2) is 5.82 Å². The van der Waals surface area contributed by atoms with E-state index in [1.165, 1.54) is 16.1 Å². The van der Waals surface area contributed by atoms with Crippen LogP contribution in [0, 0.1) is 12.8 Å². The summed E-state index contributed by atoms with van der Waals surface area (Å²) in [5.41, 5.74) is 6.16. The number of rotatable bonds is 3. The van der Waals surface area contributed by atoms with Crippen molar-refractivity contribution in [1.82, 2.24) is 14.1 Å². The van der Waals surface area contributed by atoms with Crippen molar-refractivity contribution in [3.05, 3.63) is 5.69 Å². The van der Waals surface area contributed by atoms with Crippen LogP contribution in [0.15, 0.2) is 4.90 Å². The van der Waals surface area contributed by atoms with Crippen LogP contribution >= 0.6 is 0 Å². The second-order valence-corrected chi connectivity index (χ2v) is 6.67. The summed E-state index contributed by atoms with van der Waals surface area (Å²) < 4.78 is 32.5. The monoisotopic (exact) mass is 302 g/mol. The molecule has 0 saturated carbocycles. The van der Waals surface area contributed by atoms with Crippen molar-refractivity contribution in [3.8, 4) is 0 Å². The van der Waals surface area contributed by atoms with Crippen LogP contribution in [0.25, 0.3) is 0 Å². The first-order chi connectivity index (χ1) is 9.28. The minimum absolute atomic E-state index is 0.0190. The van der Waals surface area contributed by atoms with E-state index in [-0.39, 0.29) is 23.8 Å². The number of nitrogen functional groups attached to an aromatic ring is 1. The first kappa shape index (κ1) is 14.8. The molecule has 9 heteroatoms. The SMILES string of the molecule is COC(=O)C1CCN(S(=O)(=O)c2c(N)nn(C)c2C)C1. The van der Waals surface area contributed by atoms with Crippen LogP contribution in [0.2, 0.25) is 0 Å². The summed E-state index contributed by atoms with van der Waals surface area (Å²) in [6, 6.07) is 0. The maximum absolute atomic E-state index is 12.6. The summed E-state index contributed by atoms with van der Waals surface area (Å²) in [5, 5.41) is 3.92. The topological polar surface area (TPSA) is 108 Å². The summed E-state index contributed by atoms with van der Waals surface area (Å²) in [7, 11) is -0.811. The van der Waals surface area contributed by atoms with Gasteiger partial charge < -0.3 is 10.5 Å². The Hall–Kier alpha value is -1.61. The van der Waals surface area contributed by atoms with Crippen LogP contribution in [-0.4, -0.2) is 48.7 Å². The van der Waals surface area contributed by atoms with Crippen LogP contribution in [0.4, 0.5) is 5.82 Å². The zero-order valence-corrected chi connectivity index (χ0v) is 12.5. The fraction of sp³-hybridized carbons (Fsp3) is 0.636. The highest BCUT2D eigenvalue weighted by molar-refractivity contribution is 7.89. The van der Waals surface area contributed by atoms with E-state index in [4.69, 9.17) is 5.73 Å². The molecule has 1 saturated heterocycles. The number of methoxy groups -OCH3 is 1. The standard InChI is InChI=1S/C11H18N4O4S/c1-7-9(10(12)13-14(7)2)20(17,18)15-5-4-8(6-15)11(16)19-3/h8H,4-6H2,1-3H3,(H2,12,13). The Labute approximate surface area is 117 Å². The van der Waals surface area contributed by atoms with E-state index in [0.717, 1.165) is 0 Å². The summed E-state index contributed by atoms with van der Waals surface area (Å²) in [6.45, 7) is 2.03.